The van der Waals surface area contributed by atoms with Crippen molar-refractivity contribution < 1.29 is 31.4 Å². The topological polar surface area (TPSA) is 98.4 Å². The molecular formula is C28H25F5N6O2S. The van der Waals surface area contributed by atoms with Gasteiger partial charge in [0.2, 0.25) is 0 Å². The number of nitrogens with zero attached hydrogens (tertiary/aromatic N) is 4. The van der Waals surface area contributed by atoms with Gasteiger partial charge in [0, 0.05) is 47.6 Å². The Morgan fingerprint density at radius 2 is 1.79 bits per heavy atom. The molecule has 2 aromatic carbocycles. The second-order valence-corrected chi connectivity index (χ2v) is 12.6. The van der Waals surface area contributed by atoms with Crippen LogP contribution in [0.3, 0.4) is 0 Å². The lowest BCUT2D eigenvalue weighted by molar-refractivity contribution is -0.137. The quantitative estimate of drug-likeness (QED) is 0.308. The number of halogens is 5. The lowest BCUT2D eigenvalue weighted by Gasteiger charge is -2.34. The first-order chi connectivity index (χ1) is 20.2. The van der Waals surface area contributed by atoms with E-state index in [1.807, 2.05) is 4.90 Å². The Labute approximate surface area is 240 Å². The maximum absolute atomic E-state index is 16.6. The highest BCUT2D eigenvalue weighted by Gasteiger charge is 2.54. The van der Waals surface area contributed by atoms with Crippen molar-refractivity contribution >= 4 is 43.4 Å². The molecule has 1 aliphatic carbocycles. The number of hydrogen-bond donors (Lipinski definition) is 2. The van der Waals surface area contributed by atoms with Gasteiger partial charge in [0.15, 0.2) is 10.9 Å². The molecule has 0 radical (unpaired) electrons. The predicted octanol–water partition coefficient (Wildman–Crippen LogP) is 5.00. The fraction of sp³-hybridized carbons (Fsp3) is 0.464. The van der Waals surface area contributed by atoms with Crippen LogP contribution >= 0.6 is 11.3 Å². The smallest absolute Gasteiger partial charge is 0.417 e. The Balaban J connectivity index is 1.32. The van der Waals surface area contributed by atoms with E-state index in [-0.39, 0.29) is 61.6 Å². The van der Waals surface area contributed by atoms with Crippen molar-refractivity contribution in [2.24, 2.45) is 17.8 Å². The van der Waals surface area contributed by atoms with E-state index in [0.717, 1.165) is 42.4 Å². The molecular weight excluding hydrogens is 579 g/mol. The zero-order chi connectivity index (χ0) is 28.9. The van der Waals surface area contributed by atoms with Crippen molar-refractivity contribution in [3.05, 3.63) is 35.4 Å². The van der Waals surface area contributed by atoms with Crippen molar-refractivity contribution in [1.82, 2.24) is 20.3 Å². The van der Waals surface area contributed by atoms with Crippen LogP contribution in [-0.4, -0.2) is 59.9 Å². The molecule has 0 amide bonds. The normalized spacial score (nSPS) is 26.8. The SMILES string of the molecule is Nc1nc2c(-c3c(C(F)(F)F)cc4c(N5CC6CCC(C5)N6)nc(OCC5C6COCC65)nc4c3F)ccc(F)c2s1. The van der Waals surface area contributed by atoms with Gasteiger partial charge in [0.1, 0.15) is 17.2 Å². The molecule has 4 unspecified atom stereocenters. The van der Waals surface area contributed by atoms with E-state index in [1.165, 1.54) is 0 Å². The Morgan fingerprint density at radius 3 is 2.50 bits per heavy atom. The number of piperazine rings is 1. The Kier molecular flexibility index (Phi) is 5.83. The van der Waals surface area contributed by atoms with Crippen LogP contribution in [0, 0.1) is 29.4 Å². The third kappa shape index (κ3) is 4.17. The van der Waals surface area contributed by atoms with Crippen LogP contribution in [-0.2, 0) is 10.9 Å². The van der Waals surface area contributed by atoms with Crippen LogP contribution in [0.5, 0.6) is 6.01 Å². The van der Waals surface area contributed by atoms with Gasteiger partial charge < -0.3 is 25.4 Å². The number of fused-ring (bicyclic) bond motifs is 5. The van der Waals surface area contributed by atoms with Gasteiger partial charge in [0.25, 0.3) is 0 Å². The molecule has 4 aliphatic rings. The van der Waals surface area contributed by atoms with Gasteiger partial charge in [-0.2, -0.15) is 23.1 Å². The van der Waals surface area contributed by atoms with Gasteiger partial charge >= 0.3 is 12.2 Å². The molecule has 8 nitrogen and oxygen atoms in total. The minimum absolute atomic E-state index is 0.0463. The average Bonchev–Trinajstić information content (AvgIpc) is 3.31. The predicted molar refractivity (Wildman–Crippen MR) is 146 cm³/mol. The minimum atomic E-state index is -4.95. The second kappa shape index (κ2) is 9.32. The first-order valence-electron chi connectivity index (χ1n) is 13.8. The van der Waals surface area contributed by atoms with Gasteiger partial charge in [-0.05, 0) is 42.9 Å². The summed E-state index contributed by atoms with van der Waals surface area (Å²) in [5.74, 6) is -0.641. The summed E-state index contributed by atoms with van der Waals surface area (Å²) in [6.45, 7) is 2.65. The number of hydrogen-bond acceptors (Lipinski definition) is 9. The summed E-state index contributed by atoms with van der Waals surface area (Å²) in [5.41, 5.74) is 3.11. The van der Waals surface area contributed by atoms with E-state index in [1.54, 1.807) is 0 Å². The molecule has 4 fully saturated rings. The third-order valence-electron chi connectivity index (χ3n) is 9.03. The highest BCUT2D eigenvalue weighted by Crippen LogP contribution is 2.51. The molecule has 42 heavy (non-hydrogen) atoms. The molecule has 220 valence electrons. The summed E-state index contributed by atoms with van der Waals surface area (Å²) < 4.78 is 86.5. The zero-order valence-corrected chi connectivity index (χ0v) is 22.9. The number of benzene rings is 2. The number of nitrogen functional groups attached to an aromatic ring is 1. The second-order valence-electron chi connectivity index (χ2n) is 11.5. The van der Waals surface area contributed by atoms with Gasteiger partial charge in [-0.3, -0.25) is 0 Å². The van der Waals surface area contributed by atoms with Crippen LogP contribution in [0.2, 0.25) is 0 Å². The number of nitrogens with two attached hydrogens (primary N) is 1. The van der Waals surface area contributed by atoms with Gasteiger partial charge in [0.05, 0.1) is 35.6 Å². The van der Waals surface area contributed by atoms with E-state index in [0.29, 0.717) is 44.7 Å². The van der Waals surface area contributed by atoms with E-state index < -0.39 is 28.9 Å². The number of ether oxygens (including phenoxy) is 2. The summed E-state index contributed by atoms with van der Waals surface area (Å²) in [6.07, 6.45) is -3.08. The van der Waals surface area contributed by atoms with Crippen molar-refractivity contribution in [2.75, 3.05) is 43.5 Å². The van der Waals surface area contributed by atoms with E-state index in [4.69, 9.17) is 15.2 Å². The van der Waals surface area contributed by atoms with Crippen molar-refractivity contribution in [1.29, 1.82) is 0 Å². The maximum Gasteiger partial charge on any atom is 0.417 e. The Morgan fingerprint density at radius 1 is 1.05 bits per heavy atom. The largest absolute Gasteiger partial charge is 0.463 e. The summed E-state index contributed by atoms with van der Waals surface area (Å²) in [7, 11) is 0. The third-order valence-corrected chi connectivity index (χ3v) is 9.92. The molecule has 3 aliphatic heterocycles. The Bertz CT molecular complexity index is 1730. The molecule has 1 saturated carbocycles. The molecule has 0 spiro atoms. The zero-order valence-electron chi connectivity index (χ0n) is 22.0. The fourth-order valence-corrected chi connectivity index (χ4v) is 7.69. The van der Waals surface area contributed by atoms with Crippen LogP contribution in [0.1, 0.15) is 18.4 Å². The molecule has 5 heterocycles. The molecule has 4 atom stereocenters. The number of aromatic nitrogens is 3. The van der Waals surface area contributed by atoms with E-state index in [9.17, 15) is 17.6 Å². The van der Waals surface area contributed by atoms with Crippen molar-refractivity contribution in [3.8, 4) is 17.1 Å². The molecule has 3 N–H and O–H groups in total. The molecule has 14 heteroatoms. The van der Waals surface area contributed by atoms with Crippen molar-refractivity contribution in [2.45, 2.75) is 31.1 Å². The molecule has 2 bridgehead atoms. The molecule has 3 saturated heterocycles. The summed E-state index contributed by atoms with van der Waals surface area (Å²) in [6, 6.07) is 3.19. The van der Waals surface area contributed by atoms with E-state index >= 15 is 4.39 Å². The van der Waals surface area contributed by atoms with Crippen LogP contribution in [0.15, 0.2) is 18.2 Å². The van der Waals surface area contributed by atoms with Crippen LogP contribution < -0.4 is 20.7 Å². The molecule has 2 aromatic heterocycles. The molecule has 4 aromatic rings. The lowest BCUT2D eigenvalue weighted by atomic mass is 9.95. The highest BCUT2D eigenvalue weighted by atomic mass is 32.1. The number of rotatable bonds is 5. The van der Waals surface area contributed by atoms with Crippen LogP contribution in [0.25, 0.3) is 32.2 Å². The lowest BCUT2D eigenvalue weighted by Crippen LogP contribution is -2.51. The first-order valence-corrected chi connectivity index (χ1v) is 14.6. The minimum Gasteiger partial charge on any atom is -0.463 e. The van der Waals surface area contributed by atoms with Crippen LogP contribution in [0.4, 0.5) is 32.9 Å². The summed E-state index contributed by atoms with van der Waals surface area (Å²) in [4.78, 5) is 14.8. The number of alkyl halides is 3. The maximum atomic E-state index is 16.6. The number of anilines is 2. The average molecular weight is 605 g/mol. The number of nitrogens with one attached hydrogen (secondary N) is 1. The summed E-state index contributed by atoms with van der Waals surface area (Å²) >= 11 is 0.783. The van der Waals surface area contributed by atoms with Gasteiger partial charge in [-0.25, -0.2) is 13.8 Å². The standard InChI is InChI=1S/C28H25F5N6O2S/c29-19-4-3-13(23-24(19)42-26(34)36-23)20-18(28(31,32)33)5-14-22(21(20)30)37-27(41-10-17-15-8-40-9-16(15)17)38-25(14)39-6-11-1-2-12(7-39)35-11/h3-5,11-12,15-17,35H,1-2,6-10H2,(H2,34,36). The monoisotopic (exact) mass is 604 g/mol. The van der Waals surface area contributed by atoms with Gasteiger partial charge in [-0.15, -0.1) is 0 Å². The first kappa shape index (κ1) is 26.3. The number of thiazole rings is 1. The fourth-order valence-electron chi connectivity index (χ4n) is 6.92. The highest BCUT2D eigenvalue weighted by molar-refractivity contribution is 7.22. The van der Waals surface area contributed by atoms with Crippen molar-refractivity contribution in [3.63, 3.8) is 0 Å². The summed E-state index contributed by atoms with van der Waals surface area (Å²) in [5, 5.41) is 3.38. The Hall–Kier alpha value is -3.36. The molecule has 8 rings (SSSR count). The van der Waals surface area contributed by atoms with Gasteiger partial charge in [-0.1, -0.05) is 11.3 Å². The van der Waals surface area contributed by atoms with E-state index in [2.05, 4.69) is 20.3 Å².